The predicted octanol–water partition coefficient (Wildman–Crippen LogP) is 9.24. The first-order valence-corrected chi connectivity index (χ1v) is 13.7. The van der Waals surface area contributed by atoms with E-state index in [9.17, 15) is 0 Å². The van der Waals surface area contributed by atoms with Gasteiger partial charge < -0.3 is 9.97 Å². The van der Waals surface area contributed by atoms with Crippen LogP contribution in [-0.4, -0.2) is 9.97 Å². The molecule has 0 bridgehead atoms. The molecule has 3 aromatic carbocycles. The molecule has 5 aromatic rings. The number of rotatable bonds is 6. The average Bonchev–Trinajstić information content (AvgIpc) is 2.96. The molecule has 2 heterocycles. The van der Waals surface area contributed by atoms with E-state index in [1.807, 2.05) is 42.7 Å². The summed E-state index contributed by atoms with van der Waals surface area (Å²) >= 11 is 0. The summed E-state index contributed by atoms with van der Waals surface area (Å²) in [6.45, 7) is 13.2. The van der Waals surface area contributed by atoms with Gasteiger partial charge in [0.05, 0.1) is 0 Å². The SMILES string of the molecule is CC(C)(c1ccccc1)c1cc[c-]c(-c2ccccn2)c1.Cc1c[c-]c(-c2cc(CC(C)C)c(C)cn2)cc1.[Ir]. The van der Waals surface area contributed by atoms with Crippen molar-refractivity contribution in [2.45, 2.75) is 53.4 Å². The van der Waals surface area contributed by atoms with Crippen molar-refractivity contribution in [3.8, 4) is 22.5 Å². The van der Waals surface area contributed by atoms with E-state index >= 15 is 0 Å². The molecule has 5 rings (SSSR count). The molecule has 0 unspecified atom stereocenters. The molecule has 0 fully saturated rings. The summed E-state index contributed by atoms with van der Waals surface area (Å²) in [5.41, 5.74) is 10.5. The minimum Gasteiger partial charge on any atom is -0.305 e. The summed E-state index contributed by atoms with van der Waals surface area (Å²) in [6, 6.07) is 37.9. The molecule has 3 heteroatoms. The summed E-state index contributed by atoms with van der Waals surface area (Å²) in [5.74, 6) is 0.668. The van der Waals surface area contributed by atoms with Gasteiger partial charge >= 0.3 is 0 Å². The van der Waals surface area contributed by atoms with Crippen LogP contribution in [0.4, 0.5) is 0 Å². The molecule has 0 spiro atoms. The molecule has 0 atom stereocenters. The maximum absolute atomic E-state index is 4.51. The van der Waals surface area contributed by atoms with Gasteiger partial charge in [0.15, 0.2) is 0 Å². The van der Waals surface area contributed by atoms with E-state index in [0.717, 1.165) is 28.9 Å². The Morgan fingerprint density at radius 3 is 2.15 bits per heavy atom. The third-order valence-electron chi connectivity index (χ3n) is 7.05. The Bertz CT molecular complexity index is 1470. The molecule has 207 valence electrons. The van der Waals surface area contributed by atoms with Crippen molar-refractivity contribution in [2.24, 2.45) is 5.92 Å². The predicted molar refractivity (Wildman–Crippen MR) is 164 cm³/mol. The van der Waals surface area contributed by atoms with Gasteiger partial charge in [-0.3, -0.25) is 0 Å². The fourth-order valence-corrected chi connectivity index (χ4v) is 4.58. The van der Waals surface area contributed by atoms with Crippen molar-refractivity contribution in [2.75, 3.05) is 0 Å². The third kappa shape index (κ3) is 8.07. The molecule has 2 aromatic heterocycles. The van der Waals surface area contributed by atoms with Crippen LogP contribution in [0.3, 0.4) is 0 Å². The summed E-state index contributed by atoms with van der Waals surface area (Å²) in [5, 5.41) is 0. The Balaban J connectivity index is 0.000000218. The van der Waals surface area contributed by atoms with Gasteiger partial charge in [0.25, 0.3) is 0 Å². The van der Waals surface area contributed by atoms with Crippen molar-refractivity contribution in [3.05, 3.63) is 143 Å². The zero-order valence-electron chi connectivity index (χ0n) is 24.3. The largest absolute Gasteiger partial charge is 0.305 e. The smallest absolute Gasteiger partial charge is 0.0192 e. The van der Waals surface area contributed by atoms with Crippen LogP contribution in [0.15, 0.2) is 103 Å². The first kappa shape index (κ1) is 31.1. The monoisotopic (exact) mass is 703 g/mol. The van der Waals surface area contributed by atoms with E-state index in [1.54, 1.807) is 0 Å². The molecule has 1 radical (unpaired) electrons. The molecular weight excluding hydrogens is 665 g/mol. The summed E-state index contributed by atoms with van der Waals surface area (Å²) < 4.78 is 0. The second-order valence-electron chi connectivity index (χ2n) is 11.1. The summed E-state index contributed by atoms with van der Waals surface area (Å²) in [7, 11) is 0. The molecule has 0 aliphatic carbocycles. The van der Waals surface area contributed by atoms with Crippen molar-refractivity contribution in [1.82, 2.24) is 9.97 Å². The Morgan fingerprint density at radius 2 is 1.50 bits per heavy atom. The van der Waals surface area contributed by atoms with Crippen LogP contribution in [0.1, 0.15) is 55.5 Å². The van der Waals surface area contributed by atoms with E-state index in [4.69, 9.17) is 0 Å². The van der Waals surface area contributed by atoms with E-state index in [1.165, 1.54) is 27.8 Å². The van der Waals surface area contributed by atoms with Crippen LogP contribution in [0, 0.1) is 31.9 Å². The number of nitrogens with zero attached hydrogens (tertiary/aromatic N) is 2. The summed E-state index contributed by atoms with van der Waals surface area (Å²) in [6.07, 6.45) is 4.89. The van der Waals surface area contributed by atoms with Gasteiger partial charge in [-0.15, -0.1) is 70.8 Å². The molecular formula is C37H38IrN2-2. The van der Waals surface area contributed by atoms with Crippen molar-refractivity contribution < 1.29 is 20.1 Å². The van der Waals surface area contributed by atoms with Crippen LogP contribution in [0.5, 0.6) is 0 Å². The number of hydrogen-bond donors (Lipinski definition) is 0. The third-order valence-corrected chi connectivity index (χ3v) is 7.05. The normalized spacial score (nSPS) is 10.9. The van der Waals surface area contributed by atoms with Gasteiger partial charge in [-0.25, -0.2) is 0 Å². The fraction of sp³-hybridized carbons (Fsp3) is 0.243. The Labute approximate surface area is 254 Å². The van der Waals surface area contributed by atoms with E-state index < -0.39 is 0 Å². The van der Waals surface area contributed by atoms with Crippen molar-refractivity contribution >= 4 is 0 Å². The molecule has 2 nitrogen and oxygen atoms in total. The zero-order chi connectivity index (χ0) is 27.8. The number of benzene rings is 3. The fourth-order valence-electron chi connectivity index (χ4n) is 4.58. The first-order chi connectivity index (χ1) is 18.7. The topological polar surface area (TPSA) is 25.8 Å². The second kappa shape index (κ2) is 14.3. The van der Waals surface area contributed by atoms with Crippen LogP contribution < -0.4 is 0 Å². The maximum Gasteiger partial charge on any atom is 0.0192 e. The van der Waals surface area contributed by atoms with Crippen LogP contribution >= 0.6 is 0 Å². The minimum absolute atomic E-state index is 0. The molecule has 0 aliphatic heterocycles. The standard InChI is InChI=1S/C20H18N.C17H20N.Ir/c1-20(2,17-10-4-3-5-11-17)18-12-8-9-16(15-18)19-13-6-7-14-21-19;1-12(2)9-16-10-17(18-11-14(16)4)15-7-5-13(3)6-8-15;/h3-8,10-15H,1-2H3;5-7,10-12H,9H2,1-4H3;/q2*-1;. The van der Waals surface area contributed by atoms with Crippen LogP contribution in [-0.2, 0) is 31.9 Å². The molecule has 0 aliphatic rings. The maximum atomic E-state index is 4.51. The van der Waals surface area contributed by atoms with E-state index in [-0.39, 0.29) is 25.5 Å². The van der Waals surface area contributed by atoms with Gasteiger partial charge in [-0.2, -0.15) is 0 Å². The van der Waals surface area contributed by atoms with Crippen LogP contribution in [0.25, 0.3) is 22.5 Å². The van der Waals surface area contributed by atoms with Crippen molar-refractivity contribution in [1.29, 1.82) is 0 Å². The molecule has 0 N–H and O–H groups in total. The number of hydrogen-bond acceptors (Lipinski definition) is 2. The Morgan fingerprint density at radius 1 is 0.750 bits per heavy atom. The minimum atomic E-state index is -0.0418. The van der Waals surface area contributed by atoms with Crippen LogP contribution in [0.2, 0.25) is 0 Å². The summed E-state index contributed by atoms with van der Waals surface area (Å²) in [4.78, 5) is 8.93. The number of pyridine rings is 2. The molecule has 0 amide bonds. The zero-order valence-corrected chi connectivity index (χ0v) is 26.7. The number of aryl methyl sites for hydroxylation is 2. The van der Waals surface area contributed by atoms with Crippen molar-refractivity contribution in [3.63, 3.8) is 0 Å². The van der Waals surface area contributed by atoms with Gasteiger partial charge in [-0.05, 0) is 53.3 Å². The van der Waals surface area contributed by atoms with Gasteiger partial charge in [0, 0.05) is 32.5 Å². The quantitative estimate of drug-likeness (QED) is 0.165. The average molecular weight is 703 g/mol. The Kier molecular flexibility index (Phi) is 11.1. The second-order valence-corrected chi connectivity index (χ2v) is 11.1. The first-order valence-electron chi connectivity index (χ1n) is 13.7. The van der Waals surface area contributed by atoms with Gasteiger partial charge in [0.2, 0.25) is 0 Å². The van der Waals surface area contributed by atoms with Gasteiger partial charge in [-0.1, -0.05) is 88.7 Å². The van der Waals surface area contributed by atoms with E-state index in [2.05, 4.69) is 124 Å². The molecule has 0 saturated carbocycles. The Hall–Kier alpha value is -3.39. The molecule has 0 saturated heterocycles. The van der Waals surface area contributed by atoms with E-state index in [0.29, 0.717) is 5.92 Å². The molecule has 40 heavy (non-hydrogen) atoms. The number of aromatic nitrogens is 2. The van der Waals surface area contributed by atoms with Gasteiger partial charge in [0.1, 0.15) is 0 Å².